The molecule has 9 nitrogen and oxygen atoms in total. The zero-order chi connectivity index (χ0) is 21.9. The molecular formula is C21H20F2N8O. The van der Waals surface area contributed by atoms with Gasteiger partial charge in [-0.05, 0) is 25.3 Å². The lowest BCUT2D eigenvalue weighted by atomic mass is 9.89. The monoisotopic (exact) mass is 438 g/mol. The van der Waals surface area contributed by atoms with Crippen molar-refractivity contribution in [3.63, 3.8) is 0 Å². The third-order valence-corrected chi connectivity index (χ3v) is 6.51. The summed E-state index contributed by atoms with van der Waals surface area (Å²) in [4.78, 5) is 27.2. The second kappa shape index (κ2) is 6.68. The number of carbonyl (C=O) groups excluding carboxylic acids is 1. The van der Waals surface area contributed by atoms with E-state index in [0.29, 0.717) is 54.1 Å². The fourth-order valence-electron chi connectivity index (χ4n) is 4.41. The highest BCUT2D eigenvalue weighted by Crippen LogP contribution is 2.61. The van der Waals surface area contributed by atoms with Crippen LogP contribution in [0.3, 0.4) is 0 Å². The Morgan fingerprint density at radius 3 is 2.84 bits per heavy atom. The molecule has 1 aliphatic heterocycles. The third kappa shape index (κ3) is 3.07. The van der Waals surface area contributed by atoms with Gasteiger partial charge in [-0.25, -0.2) is 28.4 Å². The Kier molecular flexibility index (Phi) is 3.99. The summed E-state index contributed by atoms with van der Waals surface area (Å²) in [7, 11) is 0. The van der Waals surface area contributed by atoms with E-state index in [4.69, 9.17) is 0 Å². The second-order valence-electron chi connectivity index (χ2n) is 8.55. The summed E-state index contributed by atoms with van der Waals surface area (Å²) >= 11 is 0. The summed E-state index contributed by atoms with van der Waals surface area (Å²) in [6, 6.07) is 3.54. The number of imidazole rings is 1. The van der Waals surface area contributed by atoms with E-state index in [9.17, 15) is 13.6 Å². The molecule has 0 bridgehead atoms. The number of hydrogen-bond donors (Lipinski definition) is 1. The lowest BCUT2D eigenvalue weighted by Crippen LogP contribution is -2.50. The number of nitrogens with zero attached hydrogens (tertiary/aromatic N) is 7. The number of anilines is 2. The molecule has 164 valence electrons. The molecule has 1 aliphatic carbocycles. The molecule has 32 heavy (non-hydrogen) atoms. The van der Waals surface area contributed by atoms with Crippen LogP contribution in [0.2, 0.25) is 0 Å². The molecule has 1 N–H and O–H groups in total. The zero-order valence-corrected chi connectivity index (χ0v) is 17.1. The van der Waals surface area contributed by atoms with Gasteiger partial charge in [-0.1, -0.05) is 0 Å². The Hall–Kier alpha value is -3.63. The van der Waals surface area contributed by atoms with Gasteiger partial charge >= 0.3 is 0 Å². The van der Waals surface area contributed by atoms with Crippen LogP contribution in [-0.4, -0.2) is 54.1 Å². The maximum atomic E-state index is 14.6. The third-order valence-electron chi connectivity index (χ3n) is 6.51. The normalized spacial score (nSPS) is 19.0. The van der Waals surface area contributed by atoms with E-state index in [2.05, 4.69) is 25.4 Å². The molecule has 1 saturated heterocycles. The molecule has 4 aromatic rings. The quantitative estimate of drug-likeness (QED) is 0.527. The van der Waals surface area contributed by atoms with Gasteiger partial charge in [-0.2, -0.15) is 5.10 Å². The zero-order valence-electron chi connectivity index (χ0n) is 17.1. The maximum absolute atomic E-state index is 14.6. The molecule has 1 amide bonds. The van der Waals surface area contributed by atoms with E-state index in [-0.39, 0.29) is 19.0 Å². The molecule has 1 spiro atoms. The minimum atomic E-state index is -2.74. The first-order chi connectivity index (χ1) is 15.4. The van der Waals surface area contributed by atoms with Crippen molar-refractivity contribution >= 4 is 34.2 Å². The SMILES string of the molecule is O=C(Cn1ncc2ncc(N3CCC4(CC4)C(F)(F)C3)nc21)Nc1ccn2ccnc2c1. The van der Waals surface area contributed by atoms with Gasteiger partial charge in [0.05, 0.1) is 18.9 Å². The van der Waals surface area contributed by atoms with Crippen molar-refractivity contribution in [1.82, 2.24) is 29.1 Å². The molecule has 1 saturated carbocycles. The van der Waals surface area contributed by atoms with Gasteiger partial charge in [-0.15, -0.1) is 0 Å². The predicted molar refractivity (Wildman–Crippen MR) is 113 cm³/mol. The summed E-state index contributed by atoms with van der Waals surface area (Å²) in [6.07, 6.45) is 9.93. The molecule has 6 rings (SSSR count). The number of halogens is 2. The maximum Gasteiger partial charge on any atom is 0.270 e. The first-order valence-electron chi connectivity index (χ1n) is 10.5. The van der Waals surface area contributed by atoms with Crippen LogP contribution in [0.4, 0.5) is 20.3 Å². The minimum absolute atomic E-state index is 0.0828. The van der Waals surface area contributed by atoms with E-state index in [0.717, 1.165) is 0 Å². The number of piperidine rings is 1. The van der Waals surface area contributed by atoms with E-state index in [1.807, 2.05) is 10.6 Å². The number of aromatic nitrogens is 6. The second-order valence-corrected chi connectivity index (χ2v) is 8.55. The molecule has 5 heterocycles. The van der Waals surface area contributed by atoms with Gasteiger partial charge in [0.1, 0.15) is 23.5 Å². The smallest absolute Gasteiger partial charge is 0.270 e. The van der Waals surface area contributed by atoms with Crippen molar-refractivity contribution in [3.05, 3.63) is 43.1 Å². The summed E-state index contributed by atoms with van der Waals surface area (Å²) in [5, 5.41) is 7.03. The Labute approximate surface area is 181 Å². The molecule has 0 unspecified atom stereocenters. The molecule has 4 aromatic heterocycles. The number of fused-ring (bicyclic) bond motifs is 2. The van der Waals surface area contributed by atoms with Crippen molar-refractivity contribution in [3.8, 4) is 0 Å². The largest absolute Gasteiger partial charge is 0.349 e. The number of nitrogens with one attached hydrogen (secondary N) is 1. The lowest BCUT2D eigenvalue weighted by Gasteiger charge is -2.39. The van der Waals surface area contributed by atoms with Crippen molar-refractivity contribution in [2.75, 3.05) is 23.3 Å². The number of pyridine rings is 1. The van der Waals surface area contributed by atoms with E-state index in [1.165, 1.54) is 17.1 Å². The van der Waals surface area contributed by atoms with Crippen LogP contribution >= 0.6 is 0 Å². The highest BCUT2D eigenvalue weighted by atomic mass is 19.3. The molecule has 2 fully saturated rings. The number of alkyl halides is 2. The Morgan fingerprint density at radius 2 is 2.03 bits per heavy atom. The van der Waals surface area contributed by atoms with Crippen LogP contribution in [0.5, 0.6) is 0 Å². The highest BCUT2D eigenvalue weighted by Gasteiger charge is 2.63. The number of hydrogen-bond acceptors (Lipinski definition) is 6. The molecule has 0 aromatic carbocycles. The number of carbonyl (C=O) groups is 1. The van der Waals surface area contributed by atoms with Crippen molar-refractivity contribution in [2.45, 2.75) is 31.7 Å². The van der Waals surface area contributed by atoms with Gasteiger partial charge in [0.25, 0.3) is 5.92 Å². The lowest BCUT2D eigenvalue weighted by molar-refractivity contribution is -0.116. The fourth-order valence-corrected chi connectivity index (χ4v) is 4.41. The van der Waals surface area contributed by atoms with Gasteiger partial charge in [0.2, 0.25) is 5.91 Å². The molecule has 0 atom stereocenters. The van der Waals surface area contributed by atoms with E-state index in [1.54, 1.807) is 29.4 Å². The minimum Gasteiger partial charge on any atom is -0.349 e. The predicted octanol–water partition coefficient (Wildman–Crippen LogP) is 2.74. The summed E-state index contributed by atoms with van der Waals surface area (Å²) < 4.78 is 32.5. The summed E-state index contributed by atoms with van der Waals surface area (Å²) in [6.45, 7) is 0.0687. The Morgan fingerprint density at radius 1 is 1.16 bits per heavy atom. The van der Waals surface area contributed by atoms with Gasteiger partial charge in [-0.3, -0.25) is 4.79 Å². The Balaban J connectivity index is 1.21. The van der Waals surface area contributed by atoms with Gasteiger partial charge < -0.3 is 14.6 Å². The van der Waals surface area contributed by atoms with Gasteiger partial charge in [0.15, 0.2) is 5.65 Å². The first kappa shape index (κ1) is 19.1. The van der Waals surface area contributed by atoms with Crippen molar-refractivity contribution in [2.24, 2.45) is 5.41 Å². The average molecular weight is 438 g/mol. The number of rotatable bonds is 4. The van der Waals surface area contributed by atoms with Crippen LogP contribution in [0.15, 0.2) is 43.1 Å². The standard InChI is InChI=1S/C21H20F2N8O/c22-21(23)13-30(7-4-20(21)2-3-20)17-11-25-15-10-26-31(19(15)28-17)12-18(32)27-14-1-6-29-8-5-24-16(29)9-14/h1,5-6,8-11H,2-4,7,12-13H2,(H,27,32). The van der Waals surface area contributed by atoms with Crippen LogP contribution in [-0.2, 0) is 11.3 Å². The number of amides is 1. The van der Waals surface area contributed by atoms with Crippen molar-refractivity contribution < 1.29 is 13.6 Å². The topological polar surface area (TPSA) is 93.2 Å². The summed E-state index contributed by atoms with van der Waals surface area (Å²) in [5.74, 6) is -2.66. The van der Waals surface area contributed by atoms with Crippen LogP contribution in [0, 0.1) is 5.41 Å². The molecule has 0 radical (unpaired) electrons. The van der Waals surface area contributed by atoms with Crippen molar-refractivity contribution in [1.29, 1.82) is 0 Å². The fraction of sp³-hybridized carbons (Fsp3) is 0.381. The van der Waals surface area contributed by atoms with E-state index < -0.39 is 11.3 Å². The van der Waals surface area contributed by atoms with Crippen LogP contribution in [0.25, 0.3) is 16.8 Å². The van der Waals surface area contributed by atoms with Crippen LogP contribution in [0.1, 0.15) is 19.3 Å². The first-order valence-corrected chi connectivity index (χ1v) is 10.5. The highest BCUT2D eigenvalue weighted by molar-refractivity contribution is 5.91. The van der Waals surface area contributed by atoms with E-state index >= 15 is 0 Å². The van der Waals surface area contributed by atoms with Crippen LogP contribution < -0.4 is 10.2 Å². The van der Waals surface area contributed by atoms with Gasteiger partial charge in [0, 0.05) is 42.3 Å². The molecule has 2 aliphatic rings. The molecular weight excluding hydrogens is 418 g/mol. The average Bonchev–Trinajstić information content (AvgIpc) is 3.24. The summed E-state index contributed by atoms with van der Waals surface area (Å²) in [5.41, 5.74) is 1.40. The molecule has 11 heteroatoms. The Bertz CT molecular complexity index is 1340.